The lowest BCUT2D eigenvalue weighted by atomic mass is 9.85. The first-order chi connectivity index (χ1) is 9.15. The lowest BCUT2D eigenvalue weighted by Crippen LogP contribution is -2.34. The van der Waals surface area contributed by atoms with Gasteiger partial charge < -0.3 is 10.6 Å². The molecule has 1 aliphatic heterocycles. The maximum absolute atomic E-state index is 12.0. The summed E-state index contributed by atoms with van der Waals surface area (Å²) in [5.74, 6) is 1.04. The van der Waals surface area contributed by atoms with Crippen LogP contribution in [0.2, 0.25) is 5.15 Å². The van der Waals surface area contributed by atoms with Crippen molar-refractivity contribution in [3.05, 3.63) is 23.5 Å². The minimum atomic E-state index is 0.0437. The van der Waals surface area contributed by atoms with E-state index >= 15 is 0 Å². The molecule has 19 heavy (non-hydrogen) atoms. The zero-order valence-electron chi connectivity index (χ0n) is 11.2. The second-order valence-electron chi connectivity index (χ2n) is 5.21. The van der Waals surface area contributed by atoms with E-state index < -0.39 is 0 Å². The second-order valence-corrected chi connectivity index (χ2v) is 5.59. The third-order valence-corrected chi connectivity index (χ3v) is 3.88. The average molecular weight is 282 g/mol. The van der Waals surface area contributed by atoms with E-state index in [0.717, 1.165) is 13.1 Å². The fourth-order valence-corrected chi connectivity index (χ4v) is 2.60. The van der Waals surface area contributed by atoms with Crippen LogP contribution in [0.4, 0.5) is 5.69 Å². The van der Waals surface area contributed by atoms with Gasteiger partial charge in [-0.25, -0.2) is 4.98 Å². The van der Waals surface area contributed by atoms with Crippen LogP contribution in [0.15, 0.2) is 18.3 Å². The predicted molar refractivity (Wildman–Crippen MR) is 77.3 cm³/mol. The Bertz CT molecular complexity index is 415. The first-order valence-corrected chi connectivity index (χ1v) is 7.15. The SMILES string of the molecule is CC(CC(=O)Nc1ccc(Cl)nc1)C1CCCNC1. The molecule has 1 aromatic rings. The van der Waals surface area contributed by atoms with Crippen molar-refractivity contribution in [3.8, 4) is 0 Å². The van der Waals surface area contributed by atoms with Crippen molar-refractivity contribution in [2.45, 2.75) is 26.2 Å². The van der Waals surface area contributed by atoms with Crippen molar-refractivity contribution < 1.29 is 4.79 Å². The highest BCUT2D eigenvalue weighted by atomic mass is 35.5. The molecule has 2 rings (SSSR count). The molecule has 0 spiro atoms. The molecule has 2 unspecified atom stereocenters. The van der Waals surface area contributed by atoms with E-state index in [4.69, 9.17) is 11.6 Å². The fourth-order valence-electron chi connectivity index (χ4n) is 2.49. The summed E-state index contributed by atoms with van der Waals surface area (Å²) in [5, 5.41) is 6.68. The number of rotatable bonds is 4. The van der Waals surface area contributed by atoms with Crippen LogP contribution in [0.25, 0.3) is 0 Å². The maximum atomic E-state index is 12.0. The van der Waals surface area contributed by atoms with Gasteiger partial charge in [0.25, 0.3) is 0 Å². The molecule has 104 valence electrons. The van der Waals surface area contributed by atoms with Gasteiger partial charge in [-0.2, -0.15) is 0 Å². The Balaban J connectivity index is 1.81. The Morgan fingerprint density at radius 3 is 3.11 bits per heavy atom. The summed E-state index contributed by atoms with van der Waals surface area (Å²) in [6, 6.07) is 3.44. The molecule has 4 nitrogen and oxygen atoms in total. The van der Waals surface area contributed by atoms with Crippen LogP contribution in [0, 0.1) is 11.8 Å². The van der Waals surface area contributed by atoms with Gasteiger partial charge in [0.2, 0.25) is 5.91 Å². The van der Waals surface area contributed by atoms with Gasteiger partial charge in [-0.05, 0) is 49.9 Å². The molecule has 2 atom stereocenters. The first-order valence-electron chi connectivity index (χ1n) is 6.77. The average Bonchev–Trinajstić information content (AvgIpc) is 2.42. The molecule has 0 radical (unpaired) electrons. The molecule has 0 aliphatic carbocycles. The number of anilines is 1. The number of amides is 1. The summed E-state index contributed by atoms with van der Waals surface area (Å²) >= 11 is 5.70. The van der Waals surface area contributed by atoms with Gasteiger partial charge >= 0.3 is 0 Å². The molecule has 2 heterocycles. The molecule has 1 saturated heterocycles. The van der Waals surface area contributed by atoms with E-state index in [-0.39, 0.29) is 5.91 Å². The summed E-state index contributed by atoms with van der Waals surface area (Å²) < 4.78 is 0. The number of carbonyl (C=O) groups is 1. The van der Waals surface area contributed by atoms with E-state index in [1.54, 1.807) is 18.3 Å². The number of hydrogen-bond donors (Lipinski definition) is 2. The van der Waals surface area contributed by atoms with Gasteiger partial charge in [0.15, 0.2) is 0 Å². The summed E-state index contributed by atoms with van der Waals surface area (Å²) in [4.78, 5) is 15.9. The molecule has 5 heteroatoms. The quantitative estimate of drug-likeness (QED) is 0.835. The minimum Gasteiger partial charge on any atom is -0.325 e. The van der Waals surface area contributed by atoms with E-state index in [1.165, 1.54) is 12.8 Å². The predicted octanol–water partition coefficient (Wildman–Crippen LogP) is 2.70. The summed E-state index contributed by atoms with van der Waals surface area (Å²) in [5.41, 5.74) is 0.698. The van der Waals surface area contributed by atoms with Crippen LogP contribution in [-0.2, 0) is 4.79 Å². The van der Waals surface area contributed by atoms with E-state index in [1.807, 2.05) is 0 Å². The zero-order chi connectivity index (χ0) is 13.7. The number of piperidine rings is 1. The molecule has 1 aliphatic rings. The van der Waals surface area contributed by atoms with Crippen LogP contribution in [0.1, 0.15) is 26.2 Å². The topological polar surface area (TPSA) is 54.0 Å². The highest BCUT2D eigenvalue weighted by Crippen LogP contribution is 2.23. The molecule has 1 aromatic heterocycles. The zero-order valence-corrected chi connectivity index (χ0v) is 11.9. The Kier molecular flexibility index (Phi) is 5.16. The molecular weight excluding hydrogens is 262 g/mol. The van der Waals surface area contributed by atoms with Gasteiger partial charge in [-0.15, -0.1) is 0 Å². The number of nitrogens with zero attached hydrogens (tertiary/aromatic N) is 1. The fraction of sp³-hybridized carbons (Fsp3) is 0.571. The molecule has 0 bridgehead atoms. The van der Waals surface area contributed by atoms with E-state index in [0.29, 0.717) is 29.1 Å². The maximum Gasteiger partial charge on any atom is 0.224 e. The van der Waals surface area contributed by atoms with Crippen molar-refractivity contribution in [3.63, 3.8) is 0 Å². The first kappa shape index (κ1) is 14.3. The summed E-state index contributed by atoms with van der Waals surface area (Å²) in [6.45, 7) is 4.28. The van der Waals surface area contributed by atoms with Crippen LogP contribution in [-0.4, -0.2) is 24.0 Å². The monoisotopic (exact) mass is 281 g/mol. The van der Waals surface area contributed by atoms with Gasteiger partial charge in [-0.3, -0.25) is 4.79 Å². The van der Waals surface area contributed by atoms with Crippen molar-refractivity contribution in [1.82, 2.24) is 10.3 Å². The number of aromatic nitrogens is 1. The van der Waals surface area contributed by atoms with E-state index in [9.17, 15) is 4.79 Å². The van der Waals surface area contributed by atoms with Crippen LogP contribution >= 0.6 is 11.6 Å². The highest BCUT2D eigenvalue weighted by molar-refractivity contribution is 6.29. The standard InChI is InChI=1S/C14H20ClN3O/c1-10(11-3-2-6-16-8-11)7-14(19)18-12-4-5-13(15)17-9-12/h4-5,9-11,16H,2-3,6-8H2,1H3,(H,18,19). The second kappa shape index (κ2) is 6.87. The van der Waals surface area contributed by atoms with Crippen molar-refractivity contribution in [1.29, 1.82) is 0 Å². The smallest absolute Gasteiger partial charge is 0.224 e. The number of carbonyl (C=O) groups excluding carboxylic acids is 1. The molecule has 1 amide bonds. The molecule has 2 N–H and O–H groups in total. The van der Waals surface area contributed by atoms with Crippen molar-refractivity contribution in [2.24, 2.45) is 11.8 Å². The third kappa shape index (κ3) is 4.48. The number of nitrogens with one attached hydrogen (secondary N) is 2. The van der Waals surface area contributed by atoms with Crippen LogP contribution < -0.4 is 10.6 Å². The lowest BCUT2D eigenvalue weighted by Gasteiger charge is -2.28. The van der Waals surface area contributed by atoms with Crippen molar-refractivity contribution >= 4 is 23.2 Å². The highest BCUT2D eigenvalue weighted by Gasteiger charge is 2.21. The number of halogens is 1. The molecule has 0 saturated carbocycles. The Labute approximate surface area is 118 Å². The Hall–Kier alpha value is -1.13. The van der Waals surface area contributed by atoms with Gasteiger partial charge in [0.05, 0.1) is 11.9 Å². The minimum absolute atomic E-state index is 0.0437. The van der Waals surface area contributed by atoms with Crippen LogP contribution in [0.3, 0.4) is 0 Å². The molecule has 0 aromatic carbocycles. The molecule has 1 fully saturated rings. The van der Waals surface area contributed by atoms with Crippen molar-refractivity contribution in [2.75, 3.05) is 18.4 Å². The van der Waals surface area contributed by atoms with E-state index in [2.05, 4.69) is 22.5 Å². The summed E-state index contributed by atoms with van der Waals surface area (Å²) in [7, 11) is 0. The van der Waals surface area contributed by atoms with Crippen LogP contribution in [0.5, 0.6) is 0 Å². The Morgan fingerprint density at radius 2 is 2.47 bits per heavy atom. The Morgan fingerprint density at radius 1 is 1.63 bits per heavy atom. The van der Waals surface area contributed by atoms with Gasteiger partial charge in [-0.1, -0.05) is 18.5 Å². The molecular formula is C14H20ClN3O. The lowest BCUT2D eigenvalue weighted by molar-refractivity contribution is -0.117. The number of pyridine rings is 1. The summed E-state index contributed by atoms with van der Waals surface area (Å²) in [6.07, 6.45) is 4.55. The number of hydrogen-bond acceptors (Lipinski definition) is 3. The third-order valence-electron chi connectivity index (χ3n) is 3.66. The largest absolute Gasteiger partial charge is 0.325 e. The van der Waals surface area contributed by atoms with Gasteiger partial charge in [0.1, 0.15) is 5.15 Å². The normalized spacial score (nSPS) is 20.8. The van der Waals surface area contributed by atoms with Gasteiger partial charge in [0, 0.05) is 6.42 Å².